The number of aliphatic imine (C=N–C) groups is 1. The maximum absolute atomic E-state index is 5.78. The van der Waals surface area contributed by atoms with E-state index < -0.39 is 0 Å². The number of nitrogens with zero attached hydrogens (tertiary/aromatic N) is 2. The third kappa shape index (κ3) is 9.37. The number of nitrogens with one attached hydrogen (secondary N) is 2. The summed E-state index contributed by atoms with van der Waals surface area (Å²) in [4.78, 5) is 6.83. The van der Waals surface area contributed by atoms with E-state index in [9.17, 15) is 0 Å². The molecule has 0 aliphatic carbocycles. The average molecular weight is 407 g/mol. The zero-order chi connectivity index (χ0) is 20.9. The van der Waals surface area contributed by atoms with E-state index in [1.54, 1.807) is 7.11 Å². The first-order valence-corrected chi connectivity index (χ1v) is 10.7. The van der Waals surface area contributed by atoms with Crippen LogP contribution in [0.1, 0.15) is 33.1 Å². The molecule has 0 unspecified atom stereocenters. The lowest BCUT2D eigenvalue weighted by atomic mass is 10.1. The van der Waals surface area contributed by atoms with Gasteiger partial charge in [0.15, 0.2) is 5.96 Å². The van der Waals surface area contributed by atoms with E-state index in [-0.39, 0.29) is 0 Å². The van der Waals surface area contributed by atoms with Gasteiger partial charge in [-0.15, -0.1) is 0 Å². The van der Waals surface area contributed by atoms with E-state index in [1.165, 1.54) is 0 Å². The van der Waals surface area contributed by atoms with E-state index >= 15 is 0 Å². The highest BCUT2D eigenvalue weighted by atomic mass is 16.5. The molecular weight excluding hydrogens is 368 g/mol. The first kappa shape index (κ1) is 23.3. The highest BCUT2D eigenvalue weighted by molar-refractivity contribution is 5.79. The fourth-order valence-electron chi connectivity index (χ4n) is 3.27. The SMILES string of the molecule is CN=C(NCCCOc1cccc(OC)c1)NC1CCN(CCOC(C)C)CC1. The molecule has 0 bridgehead atoms. The number of benzene rings is 1. The van der Waals surface area contributed by atoms with Crippen molar-refractivity contribution in [2.75, 3.05) is 53.6 Å². The van der Waals surface area contributed by atoms with Crippen LogP contribution in [0.4, 0.5) is 0 Å². The summed E-state index contributed by atoms with van der Waals surface area (Å²) in [7, 11) is 3.48. The number of ether oxygens (including phenoxy) is 3. The van der Waals surface area contributed by atoms with E-state index in [4.69, 9.17) is 14.2 Å². The van der Waals surface area contributed by atoms with Crippen LogP contribution in [0.15, 0.2) is 29.3 Å². The molecule has 1 heterocycles. The summed E-state index contributed by atoms with van der Waals surface area (Å²) in [5.74, 6) is 2.51. The second-order valence-electron chi connectivity index (χ2n) is 7.56. The fourth-order valence-corrected chi connectivity index (χ4v) is 3.27. The van der Waals surface area contributed by atoms with Crippen LogP contribution in [-0.2, 0) is 4.74 Å². The number of hydrogen-bond acceptors (Lipinski definition) is 5. The molecule has 1 fully saturated rings. The molecule has 1 aliphatic rings. The summed E-state index contributed by atoms with van der Waals surface area (Å²) >= 11 is 0. The van der Waals surface area contributed by atoms with Gasteiger partial charge in [0, 0.05) is 45.3 Å². The molecule has 1 aliphatic heterocycles. The van der Waals surface area contributed by atoms with Crippen molar-refractivity contribution >= 4 is 5.96 Å². The van der Waals surface area contributed by atoms with E-state index in [1.807, 2.05) is 31.3 Å². The van der Waals surface area contributed by atoms with Crippen LogP contribution in [0.5, 0.6) is 11.5 Å². The minimum absolute atomic E-state index is 0.310. The van der Waals surface area contributed by atoms with Crippen molar-refractivity contribution < 1.29 is 14.2 Å². The van der Waals surface area contributed by atoms with Gasteiger partial charge in [0.1, 0.15) is 11.5 Å². The van der Waals surface area contributed by atoms with Crippen LogP contribution in [-0.4, -0.2) is 76.6 Å². The predicted octanol–water partition coefficient (Wildman–Crippen LogP) is 2.52. The summed E-state index contributed by atoms with van der Waals surface area (Å²) in [5.41, 5.74) is 0. The second kappa shape index (κ2) is 13.3. The normalized spacial score (nSPS) is 16.1. The molecule has 1 aromatic carbocycles. The van der Waals surface area contributed by atoms with Gasteiger partial charge in [-0.2, -0.15) is 0 Å². The van der Waals surface area contributed by atoms with Crippen LogP contribution >= 0.6 is 0 Å². The second-order valence-corrected chi connectivity index (χ2v) is 7.56. The molecule has 1 saturated heterocycles. The minimum Gasteiger partial charge on any atom is -0.497 e. The Balaban J connectivity index is 1.57. The maximum Gasteiger partial charge on any atom is 0.191 e. The van der Waals surface area contributed by atoms with Crippen molar-refractivity contribution in [2.24, 2.45) is 4.99 Å². The van der Waals surface area contributed by atoms with Crippen LogP contribution in [0.25, 0.3) is 0 Å². The number of guanidine groups is 1. The van der Waals surface area contributed by atoms with E-state index in [0.717, 1.165) is 69.5 Å². The molecule has 0 atom stereocenters. The quantitative estimate of drug-likeness (QED) is 0.334. The van der Waals surface area contributed by atoms with Crippen LogP contribution < -0.4 is 20.1 Å². The third-order valence-corrected chi connectivity index (χ3v) is 4.93. The van der Waals surface area contributed by atoms with Gasteiger partial charge in [-0.3, -0.25) is 4.99 Å². The molecule has 0 spiro atoms. The predicted molar refractivity (Wildman–Crippen MR) is 118 cm³/mol. The van der Waals surface area contributed by atoms with E-state index in [2.05, 4.69) is 34.4 Å². The highest BCUT2D eigenvalue weighted by Gasteiger charge is 2.19. The Kier molecular flexibility index (Phi) is 10.7. The van der Waals surface area contributed by atoms with Crippen molar-refractivity contribution in [1.82, 2.24) is 15.5 Å². The molecule has 7 heteroatoms. The van der Waals surface area contributed by atoms with Gasteiger partial charge in [-0.25, -0.2) is 0 Å². The molecule has 0 aromatic heterocycles. The summed E-state index contributed by atoms with van der Waals surface area (Å²) in [6, 6.07) is 8.15. The third-order valence-electron chi connectivity index (χ3n) is 4.93. The molecule has 2 N–H and O–H groups in total. The Hall–Kier alpha value is -1.99. The summed E-state index contributed by atoms with van der Waals surface area (Å²) in [5, 5.41) is 6.93. The lowest BCUT2D eigenvalue weighted by molar-refractivity contribution is 0.0532. The summed E-state index contributed by atoms with van der Waals surface area (Å²) in [6.45, 7) is 9.67. The van der Waals surface area contributed by atoms with Gasteiger partial charge in [-0.1, -0.05) is 6.07 Å². The maximum atomic E-state index is 5.78. The Bertz CT molecular complexity index is 601. The van der Waals surface area contributed by atoms with Gasteiger partial charge in [0.25, 0.3) is 0 Å². The van der Waals surface area contributed by atoms with Crippen LogP contribution in [0.2, 0.25) is 0 Å². The molecule has 2 rings (SSSR count). The highest BCUT2D eigenvalue weighted by Crippen LogP contribution is 2.18. The largest absolute Gasteiger partial charge is 0.497 e. The molecule has 0 saturated carbocycles. The molecule has 1 aromatic rings. The Labute approximate surface area is 175 Å². The van der Waals surface area contributed by atoms with Crippen LogP contribution in [0.3, 0.4) is 0 Å². The van der Waals surface area contributed by atoms with Gasteiger partial charge >= 0.3 is 0 Å². The lowest BCUT2D eigenvalue weighted by Gasteiger charge is -2.33. The Morgan fingerprint density at radius 3 is 2.66 bits per heavy atom. The average Bonchev–Trinajstić information content (AvgIpc) is 2.73. The Morgan fingerprint density at radius 2 is 1.97 bits per heavy atom. The summed E-state index contributed by atoms with van der Waals surface area (Å²) in [6.07, 6.45) is 3.46. The van der Waals surface area contributed by atoms with Crippen molar-refractivity contribution in [3.05, 3.63) is 24.3 Å². The standard InChI is InChI=1S/C22H38N4O3/c1-18(2)28-16-14-26-12-9-19(10-13-26)25-22(23-3)24-11-6-15-29-21-8-5-7-20(17-21)27-4/h5,7-8,17-19H,6,9-16H2,1-4H3,(H2,23,24,25). The number of methoxy groups -OCH3 is 1. The molecule has 0 radical (unpaired) electrons. The number of hydrogen-bond donors (Lipinski definition) is 2. The van der Waals surface area contributed by atoms with Crippen molar-refractivity contribution in [2.45, 2.75) is 45.3 Å². The monoisotopic (exact) mass is 406 g/mol. The van der Waals surface area contributed by atoms with Crippen molar-refractivity contribution in [3.63, 3.8) is 0 Å². The van der Waals surface area contributed by atoms with Gasteiger partial charge < -0.3 is 29.7 Å². The molecule has 7 nitrogen and oxygen atoms in total. The van der Waals surface area contributed by atoms with Gasteiger partial charge in [-0.05, 0) is 45.2 Å². The number of rotatable bonds is 11. The van der Waals surface area contributed by atoms with Crippen LogP contribution in [0, 0.1) is 0 Å². The number of likely N-dealkylation sites (tertiary alicyclic amines) is 1. The topological polar surface area (TPSA) is 67.4 Å². The van der Waals surface area contributed by atoms with Crippen molar-refractivity contribution in [3.8, 4) is 11.5 Å². The fraction of sp³-hybridized carbons (Fsp3) is 0.682. The van der Waals surface area contributed by atoms with Gasteiger partial charge in [0.2, 0.25) is 0 Å². The molecule has 29 heavy (non-hydrogen) atoms. The Morgan fingerprint density at radius 1 is 1.21 bits per heavy atom. The first-order chi connectivity index (χ1) is 14.1. The lowest BCUT2D eigenvalue weighted by Crippen LogP contribution is -2.49. The smallest absolute Gasteiger partial charge is 0.191 e. The van der Waals surface area contributed by atoms with Crippen molar-refractivity contribution in [1.29, 1.82) is 0 Å². The molecular formula is C22H38N4O3. The number of piperidine rings is 1. The zero-order valence-corrected chi connectivity index (χ0v) is 18.4. The molecule has 164 valence electrons. The zero-order valence-electron chi connectivity index (χ0n) is 18.4. The minimum atomic E-state index is 0.310. The van der Waals surface area contributed by atoms with E-state index in [0.29, 0.717) is 18.8 Å². The summed E-state index contributed by atoms with van der Waals surface area (Å²) < 4.78 is 16.6. The van der Waals surface area contributed by atoms with Gasteiger partial charge in [0.05, 0.1) is 26.4 Å². The molecule has 0 amide bonds. The first-order valence-electron chi connectivity index (χ1n) is 10.7.